The van der Waals surface area contributed by atoms with Gasteiger partial charge in [0.2, 0.25) is 0 Å². The van der Waals surface area contributed by atoms with Crippen LogP contribution >= 0.6 is 0 Å². The first-order valence-electron chi connectivity index (χ1n) is 9.44. The van der Waals surface area contributed by atoms with Crippen LogP contribution in [-0.4, -0.2) is 33.7 Å². The second-order valence-electron chi connectivity index (χ2n) is 6.52. The van der Waals surface area contributed by atoms with Gasteiger partial charge in [0.25, 0.3) is 0 Å². The molecule has 0 fully saturated rings. The Morgan fingerprint density at radius 1 is 0.667 bits per heavy atom. The van der Waals surface area contributed by atoms with Gasteiger partial charge in [-0.05, 0) is 49.2 Å². The lowest BCUT2D eigenvalue weighted by atomic mass is 10.1. The van der Waals surface area contributed by atoms with Gasteiger partial charge in [0, 0.05) is 12.1 Å². The summed E-state index contributed by atoms with van der Waals surface area (Å²) < 4.78 is 21.7. The van der Waals surface area contributed by atoms with E-state index in [0.29, 0.717) is 47.4 Å². The number of benzene rings is 2. The Hall–Kier alpha value is -3.94. The standard InChI is InChI=1S/C22H20N2O6/c25-19-5-3-15(13-17(19)21-7-9-23-29-21)27-11-1-2-12-28-16-4-6-20(26)18(14-16)22-8-10-24-30-22/h3-10,13-14,25-26H,1-2,11-12H2. The number of aromatic nitrogens is 2. The van der Waals surface area contributed by atoms with Crippen LogP contribution in [0.4, 0.5) is 0 Å². The van der Waals surface area contributed by atoms with Gasteiger partial charge in [-0.2, -0.15) is 0 Å². The zero-order chi connectivity index (χ0) is 20.8. The third-order valence-electron chi connectivity index (χ3n) is 4.42. The number of hydrogen-bond acceptors (Lipinski definition) is 8. The Balaban J connectivity index is 1.24. The molecule has 0 saturated carbocycles. The highest BCUT2D eigenvalue weighted by atomic mass is 16.5. The Bertz CT molecular complexity index is 989. The Kier molecular flexibility index (Phi) is 5.84. The van der Waals surface area contributed by atoms with Crippen molar-refractivity contribution in [2.24, 2.45) is 0 Å². The lowest BCUT2D eigenvalue weighted by Gasteiger charge is -2.10. The van der Waals surface area contributed by atoms with Gasteiger partial charge < -0.3 is 28.7 Å². The zero-order valence-electron chi connectivity index (χ0n) is 16.0. The van der Waals surface area contributed by atoms with Crippen molar-refractivity contribution in [3.63, 3.8) is 0 Å². The predicted molar refractivity (Wildman–Crippen MR) is 107 cm³/mol. The fraction of sp³-hybridized carbons (Fsp3) is 0.182. The van der Waals surface area contributed by atoms with Crippen LogP contribution in [0.2, 0.25) is 0 Å². The molecule has 4 rings (SSSR count). The largest absolute Gasteiger partial charge is 0.507 e. The van der Waals surface area contributed by atoms with E-state index in [1.165, 1.54) is 12.4 Å². The summed E-state index contributed by atoms with van der Waals surface area (Å²) in [7, 11) is 0. The maximum absolute atomic E-state index is 9.97. The minimum atomic E-state index is 0.103. The molecular formula is C22H20N2O6. The molecule has 0 unspecified atom stereocenters. The topological polar surface area (TPSA) is 111 Å². The molecule has 0 bridgehead atoms. The van der Waals surface area contributed by atoms with Gasteiger partial charge in [-0.3, -0.25) is 0 Å². The van der Waals surface area contributed by atoms with Crippen molar-refractivity contribution in [2.75, 3.05) is 13.2 Å². The molecule has 0 aliphatic carbocycles. The minimum absolute atomic E-state index is 0.103. The summed E-state index contributed by atoms with van der Waals surface area (Å²) in [5, 5.41) is 27.2. The first-order chi connectivity index (χ1) is 14.7. The number of hydrogen-bond donors (Lipinski definition) is 2. The van der Waals surface area contributed by atoms with E-state index in [2.05, 4.69) is 10.3 Å². The van der Waals surface area contributed by atoms with Gasteiger partial charge in [-0.15, -0.1) is 0 Å². The van der Waals surface area contributed by atoms with Crippen LogP contribution in [0.25, 0.3) is 22.6 Å². The van der Waals surface area contributed by atoms with E-state index in [1.54, 1.807) is 48.5 Å². The van der Waals surface area contributed by atoms with Crippen molar-refractivity contribution in [1.29, 1.82) is 0 Å². The lowest BCUT2D eigenvalue weighted by molar-refractivity contribution is 0.266. The number of rotatable bonds is 9. The van der Waals surface area contributed by atoms with Crippen molar-refractivity contribution in [1.82, 2.24) is 10.3 Å². The van der Waals surface area contributed by atoms with E-state index in [1.807, 2.05) is 0 Å². The molecule has 4 aromatic rings. The van der Waals surface area contributed by atoms with Gasteiger partial charge in [-0.1, -0.05) is 10.3 Å². The molecule has 0 aliphatic rings. The van der Waals surface area contributed by atoms with Crippen molar-refractivity contribution in [3.05, 3.63) is 60.9 Å². The van der Waals surface area contributed by atoms with E-state index in [4.69, 9.17) is 18.5 Å². The van der Waals surface area contributed by atoms with Crippen molar-refractivity contribution < 1.29 is 28.7 Å². The molecule has 154 valence electrons. The average molecular weight is 408 g/mol. The minimum Gasteiger partial charge on any atom is -0.507 e. The number of nitrogens with zero attached hydrogens (tertiary/aromatic N) is 2. The third kappa shape index (κ3) is 4.54. The van der Waals surface area contributed by atoms with Gasteiger partial charge in [-0.25, -0.2) is 0 Å². The van der Waals surface area contributed by atoms with E-state index < -0.39 is 0 Å². The first kappa shape index (κ1) is 19.4. The van der Waals surface area contributed by atoms with Gasteiger partial charge >= 0.3 is 0 Å². The van der Waals surface area contributed by atoms with E-state index in [-0.39, 0.29) is 11.5 Å². The molecule has 2 aromatic carbocycles. The van der Waals surface area contributed by atoms with Gasteiger partial charge in [0.15, 0.2) is 11.5 Å². The summed E-state index contributed by atoms with van der Waals surface area (Å²) in [6.45, 7) is 1.01. The summed E-state index contributed by atoms with van der Waals surface area (Å²) in [5.41, 5.74) is 1.06. The highest BCUT2D eigenvalue weighted by Crippen LogP contribution is 2.33. The lowest BCUT2D eigenvalue weighted by Crippen LogP contribution is -2.02. The Labute approximate surface area is 172 Å². The Morgan fingerprint density at radius 2 is 1.13 bits per heavy atom. The summed E-state index contributed by atoms with van der Waals surface area (Å²) in [6, 6.07) is 13.3. The fourth-order valence-corrected chi connectivity index (χ4v) is 2.90. The van der Waals surface area contributed by atoms with E-state index in [9.17, 15) is 10.2 Å². The average Bonchev–Trinajstić information content (AvgIpc) is 3.47. The second-order valence-corrected chi connectivity index (χ2v) is 6.52. The molecule has 2 aromatic heterocycles. The summed E-state index contributed by atoms with van der Waals surface area (Å²) >= 11 is 0. The number of phenols is 2. The normalized spacial score (nSPS) is 10.8. The quantitative estimate of drug-likeness (QED) is 0.385. The predicted octanol–water partition coefficient (Wildman–Crippen LogP) is 4.65. The molecule has 0 saturated heterocycles. The summed E-state index contributed by atoms with van der Waals surface area (Å²) in [5.74, 6) is 2.43. The zero-order valence-corrected chi connectivity index (χ0v) is 16.0. The first-order valence-corrected chi connectivity index (χ1v) is 9.44. The van der Waals surface area contributed by atoms with Crippen LogP contribution < -0.4 is 9.47 Å². The maximum atomic E-state index is 9.97. The van der Waals surface area contributed by atoms with Crippen molar-refractivity contribution in [3.8, 4) is 45.6 Å². The molecule has 0 amide bonds. The maximum Gasteiger partial charge on any atom is 0.170 e. The molecule has 8 heteroatoms. The van der Waals surface area contributed by atoms with Crippen molar-refractivity contribution >= 4 is 0 Å². The van der Waals surface area contributed by atoms with Crippen LogP contribution in [0.15, 0.2) is 70.0 Å². The smallest absolute Gasteiger partial charge is 0.170 e. The highest BCUT2D eigenvalue weighted by Gasteiger charge is 2.11. The summed E-state index contributed by atoms with van der Waals surface area (Å²) in [4.78, 5) is 0. The number of phenolic OH excluding ortho intramolecular Hbond substituents is 2. The number of aromatic hydroxyl groups is 2. The van der Waals surface area contributed by atoms with Crippen LogP contribution in [-0.2, 0) is 0 Å². The molecule has 2 N–H and O–H groups in total. The number of unbranched alkanes of at least 4 members (excludes halogenated alkanes) is 1. The molecule has 0 aliphatic heterocycles. The molecule has 8 nitrogen and oxygen atoms in total. The Morgan fingerprint density at radius 3 is 1.53 bits per heavy atom. The second kappa shape index (κ2) is 9.04. The third-order valence-corrected chi connectivity index (χ3v) is 4.42. The van der Waals surface area contributed by atoms with Crippen LogP contribution in [0.1, 0.15) is 12.8 Å². The monoisotopic (exact) mass is 408 g/mol. The highest BCUT2D eigenvalue weighted by molar-refractivity contribution is 5.67. The van der Waals surface area contributed by atoms with Gasteiger partial charge in [0.1, 0.15) is 23.0 Å². The molecule has 0 spiro atoms. The van der Waals surface area contributed by atoms with Gasteiger partial charge in [0.05, 0.1) is 36.7 Å². The molecule has 30 heavy (non-hydrogen) atoms. The molecule has 0 radical (unpaired) electrons. The van der Waals surface area contributed by atoms with Crippen molar-refractivity contribution in [2.45, 2.75) is 12.8 Å². The van der Waals surface area contributed by atoms with Crippen LogP contribution in [0, 0.1) is 0 Å². The molecular weight excluding hydrogens is 388 g/mol. The van der Waals surface area contributed by atoms with Crippen LogP contribution in [0.5, 0.6) is 23.0 Å². The SMILES string of the molecule is Oc1ccc(OCCCCOc2ccc(O)c(-c3ccno3)c2)cc1-c1ccno1. The molecule has 0 atom stereocenters. The summed E-state index contributed by atoms with van der Waals surface area (Å²) in [6.07, 6.45) is 4.60. The van der Waals surface area contributed by atoms with Crippen LogP contribution in [0.3, 0.4) is 0 Å². The van der Waals surface area contributed by atoms with E-state index in [0.717, 1.165) is 12.8 Å². The van der Waals surface area contributed by atoms with E-state index >= 15 is 0 Å². The fourth-order valence-electron chi connectivity index (χ4n) is 2.90. The molecule has 2 heterocycles. The number of ether oxygens (including phenoxy) is 2.